The van der Waals surface area contributed by atoms with Gasteiger partial charge in [-0.2, -0.15) is 8.78 Å². The summed E-state index contributed by atoms with van der Waals surface area (Å²) >= 11 is 0. The predicted octanol–water partition coefficient (Wildman–Crippen LogP) is 3.55. The van der Waals surface area contributed by atoms with Crippen molar-refractivity contribution in [2.45, 2.75) is 18.4 Å². The fourth-order valence-corrected chi connectivity index (χ4v) is 3.08. The number of sulfonamides is 1. The Hall–Kier alpha value is -2.02. The van der Waals surface area contributed by atoms with Crippen molar-refractivity contribution in [3.8, 4) is 0 Å². The number of rotatable bonds is 4. The van der Waals surface area contributed by atoms with Gasteiger partial charge in [-0.3, -0.25) is 0 Å². The van der Waals surface area contributed by atoms with Crippen LogP contribution in [0.4, 0.5) is 18.9 Å². The van der Waals surface area contributed by atoms with Gasteiger partial charge in [-0.1, -0.05) is 17.7 Å². The monoisotopic (exact) mass is 315 g/mol. The van der Waals surface area contributed by atoms with Crippen molar-refractivity contribution in [1.29, 1.82) is 0 Å². The minimum Gasteiger partial charge on any atom is -0.207 e. The van der Waals surface area contributed by atoms with E-state index in [1.54, 1.807) is 6.92 Å². The maximum Gasteiger partial charge on any atom is 0.328 e. The van der Waals surface area contributed by atoms with Crippen LogP contribution in [0.25, 0.3) is 0 Å². The van der Waals surface area contributed by atoms with Crippen molar-refractivity contribution >= 4 is 15.7 Å². The Balaban J connectivity index is 2.51. The second kappa shape index (κ2) is 5.77. The highest BCUT2D eigenvalue weighted by atomic mass is 32.2. The van der Waals surface area contributed by atoms with E-state index in [0.717, 1.165) is 29.8 Å². The van der Waals surface area contributed by atoms with Crippen LogP contribution in [0.5, 0.6) is 0 Å². The molecule has 0 amide bonds. The molecule has 2 rings (SSSR count). The number of nitrogens with zero attached hydrogens (tertiary/aromatic N) is 1. The molecule has 0 spiro atoms. The van der Waals surface area contributed by atoms with Crippen LogP contribution in [0.1, 0.15) is 5.56 Å². The lowest BCUT2D eigenvalue weighted by Gasteiger charge is -2.23. The lowest BCUT2D eigenvalue weighted by atomic mass is 10.2. The minimum absolute atomic E-state index is 0.0306. The quantitative estimate of drug-likeness (QED) is 0.809. The van der Waals surface area contributed by atoms with Crippen LogP contribution in [0.3, 0.4) is 0 Å². The second-order valence-electron chi connectivity index (χ2n) is 4.37. The second-order valence-corrected chi connectivity index (χ2v) is 6.18. The highest BCUT2D eigenvalue weighted by molar-refractivity contribution is 7.92. The van der Waals surface area contributed by atoms with Crippen LogP contribution in [0.15, 0.2) is 53.4 Å². The number of alkyl halides is 2. The van der Waals surface area contributed by atoms with E-state index in [1.807, 2.05) is 0 Å². The van der Waals surface area contributed by atoms with Gasteiger partial charge in [0, 0.05) is 0 Å². The van der Waals surface area contributed by atoms with Crippen LogP contribution in [-0.2, 0) is 10.0 Å². The Kier molecular flexibility index (Phi) is 4.22. The molecule has 0 unspecified atom stereocenters. The van der Waals surface area contributed by atoms with Gasteiger partial charge in [0.05, 0.1) is 10.6 Å². The molecule has 0 aromatic heterocycles. The Labute approximate surface area is 120 Å². The predicted molar refractivity (Wildman–Crippen MR) is 73.2 cm³/mol. The first-order chi connectivity index (χ1) is 9.82. The van der Waals surface area contributed by atoms with Crippen molar-refractivity contribution in [1.82, 2.24) is 0 Å². The highest BCUT2D eigenvalue weighted by Gasteiger charge is 2.31. The zero-order chi connectivity index (χ0) is 15.6. The molecule has 0 saturated heterocycles. The summed E-state index contributed by atoms with van der Waals surface area (Å²) in [5.74, 6) is -0.638. The fraction of sp³-hybridized carbons (Fsp3) is 0.143. The van der Waals surface area contributed by atoms with Crippen LogP contribution in [0.2, 0.25) is 0 Å². The van der Waals surface area contributed by atoms with E-state index in [9.17, 15) is 21.6 Å². The van der Waals surface area contributed by atoms with Gasteiger partial charge in [0.15, 0.2) is 0 Å². The average Bonchev–Trinajstić information content (AvgIpc) is 2.41. The summed E-state index contributed by atoms with van der Waals surface area (Å²) in [5, 5.41) is 0. The van der Waals surface area contributed by atoms with Gasteiger partial charge >= 0.3 is 6.55 Å². The summed E-state index contributed by atoms with van der Waals surface area (Å²) in [6.45, 7) is -1.52. The van der Waals surface area contributed by atoms with Crippen molar-refractivity contribution in [3.05, 3.63) is 59.9 Å². The molecular weight excluding hydrogens is 303 g/mol. The first-order valence-electron chi connectivity index (χ1n) is 5.97. The van der Waals surface area contributed by atoms with Gasteiger partial charge in [-0.05, 0) is 43.3 Å². The summed E-state index contributed by atoms with van der Waals surface area (Å²) in [6.07, 6.45) is 0. The number of hydrogen-bond acceptors (Lipinski definition) is 2. The molecule has 3 nitrogen and oxygen atoms in total. The van der Waals surface area contributed by atoms with Crippen molar-refractivity contribution < 1.29 is 21.6 Å². The Bertz CT molecular complexity index is 713. The molecule has 0 fully saturated rings. The molecular formula is C14H12F3NO2S. The van der Waals surface area contributed by atoms with E-state index in [2.05, 4.69) is 0 Å². The van der Waals surface area contributed by atoms with E-state index >= 15 is 0 Å². The standard InChI is InChI=1S/C14H12F3NO2S/c1-10-2-8-13(9-3-10)21(19,20)18(14(16)17)12-6-4-11(15)5-7-12/h2-9,14H,1H3. The van der Waals surface area contributed by atoms with Crippen LogP contribution in [0, 0.1) is 12.7 Å². The van der Waals surface area contributed by atoms with E-state index in [4.69, 9.17) is 0 Å². The number of anilines is 1. The molecule has 0 radical (unpaired) electrons. The third kappa shape index (κ3) is 3.18. The molecule has 0 atom stereocenters. The molecule has 0 N–H and O–H groups in total. The zero-order valence-corrected chi connectivity index (χ0v) is 11.8. The number of halogens is 3. The van der Waals surface area contributed by atoms with Crippen LogP contribution >= 0.6 is 0 Å². The molecule has 0 aliphatic heterocycles. The van der Waals surface area contributed by atoms with Gasteiger partial charge in [0.25, 0.3) is 10.0 Å². The first-order valence-corrected chi connectivity index (χ1v) is 7.41. The summed E-state index contributed by atoms with van der Waals surface area (Å²) in [6, 6.07) is 9.38. The van der Waals surface area contributed by atoms with E-state index < -0.39 is 22.4 Å². The fourth-order valence-electron chi connectivity index (χ4n) is 1.77. The van der Waals surface area contributed by atoms with Crippen molar-refractivity contribution in [3.63, 3.8) is 0 Å². The molecule has 0 aliphatic rings. The molecule has 7 heteroatoms. The normalized spacial score (nSPS) is 11.7. The SMILES string of the molecule is Cc1ccc(S(=O)(=O)N(c2ccc(F)cc2)C(F)F)cc1. The maximum atomic E-state index is 13.2. The topological polar surface area (TPSA) is 37.4 Å². The summed E-state index contributed by atoms with van der Waals surface area (Å²) in [5.41, 5.74) is 0.506. The third-order valence-corrected chi connectivity index (χ3v) is 4.59. The lowest BCUT2D eigenvalue weighted by molar-refractivity contribution is 0.162. The minimum atomic E-state index is -4.42. The number of aryl methyl sites for hydroxylation is 1. The average molecular weight is 315 g/mol. The Morgan fingerprint density at radius 3 is 1.95 bits per heavy atom. The zero-order valence-electron chi connectivity index (χ0n) is 11.0. The number of benzene rings is 2. The van der Waals surface area contributed by atoms with Crippen molar-refractivity contribution in [2.75, 3.05) is 4.31 Å². The molecule has 2 aromatic carbocycles. The van der Waals surface area contributed by atoms with Gasteiger partial charge in [-0.25, -0.2) is 17.1 Å². The summed E-state index contributed by atoms with van der Waals surface area (Å²) < 4.78 is 63.9. The van der Waals surface area contributed by atoms with E-state index in [1.165, 1.54) is 24.3 Å². The molecule has 0 aliphatic carbocycles. The van der Waals surface area contributed by atoms with E-state index in [-0.39, 0.29) is 14.9 Å². The first kappa shape index (κ1) is 15.4. The summed E-state index contributed by atoms with van der Waals surface area (Å²) in [4.78, 5) is -0.252. The largest absolute Gasteiger partial charge is 0.328 e. The highest BCUT2D eigenvalue weighted by Crippen LogP contribution is 2.27. The Morgan fingerprint density at radius 1 is 0.952 bits per heavy atom. The lowest BCUT2D eigenvalue weighted by Crippen LogP contribution is -2.35. The van der Waals surface area contributed by atoms with Gasteiger partial charge in [0.1, 0.15) is 5.82 Å². The van der Waals surface area contributed by atoms with Gasteiger partial charge in [-0.15, -0.1) is 0 Å². The van der Waals surface area contributed by atoms with Crippen molar-refractivity contribution in [2.24, 2.45) is 0 Å². The van der Waals surface area contributed by atoms with Gasteiger partial charge < -0.3 is 0 Å². The molecule has 21 heavy (non-hydrogen) atoms. The maximum absolute atomic E-state index is 13.2. The summed E-state index contributed by atoms with van der Waals surface area (Å²) in [7, 11) is -4.42. The van der Waals surface area contributed by atoms with Crippen LogP contribution < -0.4 is 4.31 Å². The van der Waals surface area contributed by atoms with E-state index in [0.29, 0.717) is 0 Å². The smallest absolute Gasteiger partial charge is 0.207 e. The number of hydrogen-bond donors (Lipinski definition) is 0. The molecule has 112 valence electrons. The van der Waals surface area contributed by atoms with Crippen LogP contribution in [-0.4, -0.2) is 15.0 Å². The molecule has 0 bridgehead atoms. The molecule has 2 aromatic rings. The molecule has 0 heterocycles. The third-order valence-electron chi connectivity index (χ3n) is 2.84. The Morgan fingerprint density at radius 2 is 1.48 bits per heavy atom. The van der Waals surface area contributed by atoms with Gasteiger partial charge in [0.2, 0.25) is 0 Å². The molecule has 0 saturated carbocycles.